The molecule has 3 N–H and O–H groups in total. The molecule has 0 unspecified atom stereocenters. The van der Waals surface area contributed by atoms with Crippen LogP contribution in [0.2, 0.25) is 0 Å². The molecule has 1 aliphatic heterocycles. The maximum absolute atomic E-state index is 8.48. The predicted octanol–water partition coefficient (Wildman–Crippen LogP) is 0.481. The molecule has 88 valence electrons. The number of hydrogen-bond acceptors (Lipinski definition) is 4. The molecule has 1 saturated heterocycles. The van der Waals surface area contributed by atoms with Crippen LogP contribution >= 0.6 is 0 Å². The van der Waals surface area contributed by atoms with Gasteiger partial charge in [-0.1, -0.05) is 5.16 Å². The average Bonchev–Trinajstić information content (AvgIpc) is 2.26. The standard InChI is InChI=1S/C10H21N3O2/c1-2-15-8-9-4-3-5-13(6-9)7-10(11)12-14/h9,14H,2-8H2,1H3,(H2,11,12)/t9-/m1/s1. The van der Waals surface area contributed by atoms with Crippen molar-refractivity contribution in [1.82, 2.24) is 4.90 Å². The summed E-state index contributed by atoms with van der Waals surface area (Å²) in [7, 11) is 0. The van der Waals surface area contributed by atoms with Crippen molar-refractivity contribution in [3.63, 3.8) is 0 Å². The Labute approximate surface area is 90.9 Å². The van der Waals surface area contributed by atoms with Gasteiger partial charge in [-0.05, 0) is 32.2 Å². The number of nitrogens with two attached hydrogens (primary N) is 1. The van der Waals surface area contributed by atoms with Crippen LogP contribution in [0.15, 0.2) is 5.16 Å². The summed E-state index contributed by atoms with van der Waals surface area (Å²) in [6, 6.07) is 0. The lowest BCUT2D eigenvalue weighted by molar-refractivity contribution is 0.0717. The van der Waals surface area contributed by atoms with Crippen LogP contribution < -0.4 is 5.73 Å². The van der Waals surface area contributed by atoms with Gasteiger partial charge < -0.3 is 15.7 Å². The quantitative estimate of drug-likeness (QED) is 0.303. The fourth-order valence-corrected chi connectivity index (χ4v) is 1.98. The zero-order valence-corrected chi connectivity index (χ0v) is 9.35. The van der Waals surface area contributed by atoms with Gasteiger partial charge in [0.15, 0.2) is 5.84 Å². The van der Waals surface area contributed by atoms with Crippen LogP contribution in [0.5, 0.6) is 0 Å². The number of ether oxygens (including phenoxy) is 1. The van der Waals surface area contributed by atoms with Crippen molar-refractivity contribution in [3.8, 4) is 0 Å². The molecule has 1 atom stereocenters. The molecule has 0 aromatic carbocycles. The third-order valence-corrected chi connectivity index (χ3v) is 2.67. The van der Waals surface area contributed by atoms with E-state index in [1.54, 1.807) is 0 Å². The van der Waals surface area contributed by atoms with Gasteiger partial charge in [-0.15, -0.1) is 0 Å². The minimum atomic E-state index is 0.284. The first kappa shape index (κ1) is 12.3. The van der Waals surface area contributed by atoms with E-state index in [1.165, 1.54) is 6.42 Å². The van der Waals surface area contributed by atoms with E-state index in [0.717, 1.165) is 32.7 Å². The third-order valence-electron chi connectivity index (χ3n) is 2.67. The van der Waals surface area contributed by atoms with E-state index in [-0.39, 0.29) is 5.84 Å². The Hall–Kier alpha value is -0.810. The van der Waals surface area contributed by atoms with Gasteiger partial charge in [0, 0.05) is 13.2 Å². The Morgan fingerprint density at radius 1 is 1.67 bits per heavy atom. The van der Waals surface area contributed by atoms with Crippen molar-refractivity contribution in [2.45, 2.75) is 19.8 Å². The van der Waals surface area contributed by atoms with Gasteiger partial charge in [0.1, 0.15) is 0 Å². The molecule has 0 aromatic rings. The fraction of sp³-hybridized carbons (Fsp3) is 0.900. The molecule has 0 amide bonds. The van der Waals surface area contributed by atoms with E-state index in [1.807, 2.05) is 6.92 Å². The second kappa shape index (κ2) is 6.63. The highest BCUT2D eigenvalue weighted by atomic mass is 16.5. The van der Waals surface area contributed by atoms with Crippen molar-refractivity contribution < 1.29 is 9.94 Å². The molecule has 1 heterocycles. The normalized spacial score (nSPS) is 24.3. The van der Waals surface area contributed by atoms with Crippen molar-refractivity contribution in [3.05, 3.63) is 0 Å². The molecule has 15 heavy (non-hydrogen) atoms. The van der Waals surface area contributed by atoms with Gasteiger partial charge >= 0.3 is 0 Å². The van der Waals surface area contributed by atoms with Crippen molar-refractivity contribution in [2.75, 3.05) is 32.8 Å². The summed E-state index contributed by atoms with van der Waals surface area (Å²) >= 11 is 0. The maximum Gasteiger partial charge on any atom is 0.153 e. The molecule has 5 nitrogen and oxygen atoms in total. The number of rotatable bonds is 5. The number of hydrogen-bond donors (Lipinski definition) is 2. The molecule has 0 aromatic heterocycles. The molecule has 0 aliphatic carbocycles. The highest BCUT2D eigenvalue weighted by Gasteiger charge is 2.20. The van der Waals surface area contributed by atoms with E-state index in [0.29, 0.717) is 12.5 Å². The van der Waals surface area contributed by atoms with Crippen LogP contribution in [-0.4, -0.2) is 48.8 Å². The van der Waals surface area contributed by atoms with Gasteiger partial charge in [-0.2, -0.15) is 0 Å². The Bertz CT molecular complexity index is 209. The van der Waals surface area contributed by atoms with E-state index < -0.39 is 0 Å². The smallest absolute Gasteiger partial charge is 0.153 e. The van der Waals surface area contributed by atoms with E-state index in [2.05, 4.69) is 10.1 Å². The van der Waals surface area contributed by atoms with E-state index in [9.17, 15) is 0 Å². The van der Waals surface area contributed by atoms with Crippen LogP contribution in [0.1, 0.15) is 19.8 Å². The topological polar surface area (TPSA) is 71.1 Å². The summed E-state index contributed by atoms with van der Waals surface area (Å²) in [6.45, 7) is 6.17. The molecule has 0 saturated carbocycles. The zero-order chi connectivity index (χ0) is 11.1. The molecule has 1 fully saturated rings. The van der Waals surface area contributed by atoms with Gasteiger partial charge in [-0.3, -0.25) is 4.90 Å². The van der Waals surface area contributed by atoms with Gasteiger partial charge in [0.25, 0.3) is 0 Å². The Morgan fingerprint density at radius 2 is 2.47 bits per heavy atom. The second-order valence-electron chi connectivity index (χ2n) is 3.99. The first-order chi connectivity index (χ1) is 7.26. The molecule has 1 aliphatic rings. The number of amidine groups is 1. The second-order valence-corrected chi connectivity index (χ2v) is 3.99. The maximum atomic E-state index is 8.48. The minimum absolute atomic E-state index is 0.284. The number of nitrogens with zero attached hydrogens (tertiary/aromatic N) is 2. The highest BCUT2D eigenvalue weighted by molar-refractivity contribution is 5.81. The minimum Gasteiger partial charge on any atom is -0.409 e. The monoisotopic (exact) mass is 215 g/mol. The number of likely N-dealkylation sites (tertiary alicyclic amines) is 1. The zero-order valence-electron chi connectivity index (χ0n) is 9.35. The van der Waals surface area contributed by atoms with Gasteiger partial charge in [0.05, 0.1) is 13.2 Å². The van der Waals surface area contributed by atoms with Crippen LogP contribution in [-0.2, 0) is 4.74 Å². The molecule has 0 radical (unpaired) electrons. The Kier molecular flexibility index (Phi) is 5.42. The SMILES string of the molecule is CCOC[C@@H]1CCCN(CC(N)=NO)C1. The van der Waals surface area contributed by atoms with Crippen LogP contribution in [0.4, 0.5) is 0 Å². The predicted molar refractivity (Wildman–Crippen MR) is 59.1 cm³/mol. The third kappa shape index (κ3) is 4.48. The highest BCUT2D eigenvalue weighted by Crippen LogP contribution is 2.16. The number of oxime groups is 1. The summed E-state index contributed by atoms with van der Waals surface area (Å²) < 4.78 is 5.42. The lowest BCUT2D eigenvalue weighted by atomic mass is 9.99. The van der Waals surface area contributed by atoms with E-state index >= 15 is 0 Å². The van der Waals surface area contributed by atoms with E-state index in [4.69, 9.17) is 15.7 Å². The average molecular weight is 215 g/mol. The molecule has 0 bridgehead atoms. The largest absolute Gasteiger partial charge is 0.409 e. The summed E-state index contributed by atoms with van der Waals surface area (Å²) in [4.78, 5) is 2.21. The lowest BCUT2D eigenvalue weighted by Crippen LogP contribution is -2.42. The van der Waals surface area contributed by atoms with Crippen molar-refractivity contribution in [2.24, 2.45) is 16.8 Å². The van der Waals surface area contributed by atoms with Crippen molar-refractivity contribution in [1.29, 1.82) is 0 Å². The van der Waals surface area contributed by atoms with Gasteiger partial charge in [0.2, 0.25) is 0 Å². The molecule has 5 heteroatoms. The molecular weight excluding hydrogens is 194 g/mol. The fourth-order valence-electron chi connectivity index (χ4n) is 1.98. The number of piperidine rings is 1. The first-order valence-corrected chi connectivity index (χ1v) is 5.52. The Morgan fingerprint density at radius 3 is 3.13 bits per heavy atom. The van der Waals surface area contributed by atoms with Gasteiger partial charge in [-0.25, -0.2) is 0 Å². The van der Waals surface area contributed by atoms with Crippen molar-refractivity contribution >= 4 is 5.84 Å². The van der Waals surface area contributed by atoms with Crippen LogP contribution in [0.3, 0.4) is 0 Å². The molecular formula is C10H21N3O2. The molecule has 1 rings (SSSR count). The van der Waals surface area contributed by atoms with Crippen LogP contribution in [0.25, 0.3) is 0 Å². The lowest BCUT2D eigenvalue weighted by Gasteiger charge is -2.31. The molecule has 0 spiro atoms. The summed E-state index contributed by atoms with van der Waals surface area (Å²) in [5.74, 6) is 0.872. The van der Waals surface area contributed by atoms with Crippen LogP contribution in [0, 0.1) is 5.92 Å². The Balaban J connectivity index is 2.28. The summed E-state index contributed by atoms with van der Waals surface area (Å²) in [6.07, 6.45) is 2.38. The summed E-state index contributed by atoms with van der Waals surface area (Å²) in [5, 5.41) is 11.5. The first-order valence-electron chi connectivity index (χ1n) is 5.52. The summed E-state index contributed by atoms with van der Waals surface area (Å²) in [5.41, 5.74) is 5.48.